The van der Waals surface area contributed by atoms with Crippen LogP contribution in [0.1, 0.15) is 47.0 Å². The van der Waals surface area contributed by atoms with E-state index in [1.807, 2.05) is 0 Å². The zero-order valence-corrected chi connectivity index (χ0v) is 13.2. The van der Waals surface area contributed by atoms with Gasteiger partial charge in [0, 0.05) is 6.42 Å². The normalized spacial score (nSPS) is 21.1. The van der Waals surface area contributed by atoms with Crippen LogP contribution in [-0.4, -0.2) is 41.7 Å². The smallest absolute Gasteiger partial charge is 0.432 e. The maximum Gasteiger partial charge on any atom is 0.516 e. The van der Waals surface area contributed by atoms with Crippen LogP contribution in [0, 0.1) is 0 Å². The predicted octanol–water partition coefficient (Wildman–Crippen LogP) is 1.07. The number of carbonyl (C=O) groups is 4. The molecule has 1 N–H and O–H groups in total. The van der Waals surface area contributed by atoms with Crippen molar-refractivity contribution in [1.82, 2.24) is 5.32 Å². The van der Waals surface area contributed by atoms with E-state index in [-0.39, 0.29) is 6.42 Å². The summed E-state index contributed by atoms with van der Waals surface area (Å²) < 4.78 is 14.5. The van der Waals surface area contributed by atoms with E-state index in [2.05, 4.69) is 10.1 Å². The van der Waals surface area contributed by atoms with Crippen molar-refractivity contribution in [3.63, 3.8) is 0 Å². The van der Waals surface area contributed by atoms with Crippen LogP contribution in [0.15, 0.2) is 0 Å². The third kappa shape index (κ3) is 5.44. The summed E-state index contributed by atoms with van der Waals surface area (Å²) in [5.41, 5.74) is -2.57. The average Bonchev–Trinajstić information content (AvgIpc) is 2.74. The predicted molar refractivity (Wildman–Crippen MR) is 73.7 cm³/mol. The average molecular weight is 315 g/mol. The van der Waals surface area contributed by atoms with E-state index in [1.54, 1.807) is 20.8 Å². The number of nitrogens with one attached hydrogen (secondary N) is 1. The molecule has 1 atom stereocenters. The van der Waals surface area contributed by atoms with Gasteiger partial charge >= 0.3 is 18.1 Å². The Balaban J connectivity index is 2.73. The molecule has 124 valence electrons. The summed E-state index contributed by atoms with van der Waals surface area (Å²) in [6, 6.07) is 0. The molecule has 0 saturated carbocycles. The van der Waals surface area contributed by atoms with Crippen LogP contribution in [0.5, 0.6) is 0 Å². The highest BCUT2D eigenvalue weighted by Crippen LogP contribution is 2.24. The van der Waals surface area contributed by atoms with Gasteiger partial charge in [0.1, 0.15) is 17.8 Å². The second kappa shape index (κ2) is 6.87. The van der Waals surface area contributed by atoms with Gasteiger partial charge in [-0.3, -0.25) is 14.9 Å². The number of hydrogen-bond donors (Lipinski definition) is 1. The third-order valence-electron chi connectivity index (χ3n) is 2.69. The fraction of sp³-hybridized carbons (Fsp3) is 0.714. The number of Topliss-reactive ketones (excluding diaryl/α,β-unsaturated/α-hetero) is 1. The molecule has 22 heavy (non-hydrogen) atoms. The molecule has 8 nitrogen and oxygen atoms in total. The SMILES string of the molecule is CC(=O)CC(=O)O[C@@]1(C(=O)OC(=O)OC(C)(C)C)CCCN1. The van der Waals surface area contributed by atoms with Crippen molar-refractivity contribution >= 4 is 23.9 Å². The highest BCUT2D eigenvalue weighted by atomic mass is 16.8. The molecule has 0 aromatic rings. The van der Waals surface area contributed by atoms with Crippen LogP contribution in [0.25, 0.3) is 0 Å². The number of hydrogen-bond acceptors (Lipinski definition) is 8. The summed E-state index contributed by atoms with van der Waals surface area (Å²) in [6.45, 7) is 6.51. The van der Waals surface area contributed by atoms with Crippen LogP contribution in [0.4, 0.5) is 4.79 Å². The molecule has 0 unspecified atom stereocenters. The molecule has 1 aliphatic heterocycles. The van der Waals surface area contributed by atoms with Crippen molar-refractivity contribution in [3.05, 3.63) is 0 Å². The zero-order chi connectivity index (χ0) is 17.0. The second-order valence-corrected chi connectivity index (χ2v) is 6.06. The first-order valence-corrected chi connectivity index (χ1v) is 6.96. The molecule has 0 aromatic carbocycles. The Morgan fingerprint density at radius 2 is 1.82 bits per heavy atom. The fourth-order valence-corrected chi connectivity index (χ4v) is 1.88. The van der Waals surface area contributed by atoms with Crippen LogP contribution in [-0.2, 0) is 28.6 Å². The number of rotatable bonds is 4. The van der Waals surface area contributed by atoms with E-state index in [4.69, 9.17) is 9.47 Å². The summed E-state index contributed by atoms with van der Waals surface area (Å²) in [7, 11) is 0. The second-order valence-electron chi connectivity index (χ2n) is 6.06. The summed E-state index contributed by atoms with van der Waals surface area (Å²) in [6.07, 6.45) is -0.925. The Morgan fingerprint density at radius 1 is 1.18 bits per heavy atom. The minimum atomic E-state index is -1.75. The lowest BCUT2D eigenvalue weighted by molar-refractivity contribution is -0.183. The van der Waals surface area contributed by atoms with E-state index in [0.29, 0.717) is 13.0 Å². The van der Waals surface area contributed by atoms with Crippen LogP contribution >= 0.6 is 0 Å². The number of esters is 2. The topological polar surface area (TPSA) is 108 Å². The van der Waals surface area contributed by atoms with E-state index in [1.165, 1.54) is 6.92 Å². The summed E-state index contributed by atoms with van der Waals surface area (Å²) in [5.74, 6) is -2.31. The Hall–Kier alpha value is -1.96. The van der Waals surface area contributed by atoms with Crippen molar-refractivity contribution < 1.29 is 33.4 Å². The zero-order valence-electron chi connectivity index (χ0n) is 13.2. The van der Waals surface area contributed by atoms with Crippen molar-refractivity contribution in [3.8, 4) is 0 Å². The summed E-state index contributed by atoms with van der Waals surface area (Å²) >= 11 is 0. The first-order chi connectivity index (χ1) is 10.0. The largest absolute Gasteiger partial charge is 0.516 e. The van der Waals surface area contributed by atoms with Crippen molar-refractivity contribution in [1.29, 1.82) is 0 Å². The van der Waals surface area contributed by atoms with Crippen molar-refractivity contribution in [2.45, 2.75) is 58.3 Å². The molecule has 0 spiro atoms. The first kappa shape index (κ1) is 18.1. The highest BCUT2D eigenvalue weighted by molar-refractivity contribution is 5.96. The molecule has 0 aliphatic carbocycles. The molecule has 1 fully saturated rings. The summed E-state index contributed by atoms with van der Waals surface area (Å²) in [5, 5.41) is 2.71. The van der Waals surface area contributed by atoms with Crippen molar-refractivity contribution in [2.75, 3.05) is 6.54 Å². The molecule has 0 radical (unpaired) electrons. The minimum absolute atomic E-state index is 0.151. The van der Waals surface area contributed by atoms with Gasteiger partial charge in [-0.25, -0.2) is 9.59 Å². The van der Waals surface area contributed by atoms with Gasteiger partial charge in [-0.05, 0) is 40.7 Å². The van der Waals surface area contributed by atoms with E-state index in [0.717, 1.165) is 0 Å². The van der Waals surface area contributed by atoms with Crippen LogP contribution in [0.3, 0.4) is 0 Å². The lowest BCUT2D eigenvalue weighted by atomic mass is 10.1. The number of carbonyl (C=O) groups excluding carboxylic acids is 4. The Bertz CT molecular complexity index is 472. The molecule has 0 aromatic heterocycles. The van der Waals surface area contributed by atoms with Gasteiger partial charge in [0.05, 0.1) is 0 Å². The number of ether oxygens (including phenoxy) is 3. The molecule has 1 heterocycles. The molecule has 1 rings (SSSR count). The van der Waals surface area contributed by atoms with E-state index in [9.17, 15) is 19.2 Å². The van der Waals surface area contributed by atoms with Crippen LogP contribution < -0.4 is 5.32 Å². The fourth-order valence-electron chi connectivity index (χ4n) is 1.88. The number of ketones is 1. The van der Waals surface area contributed by atoms with Crippen molar-refractivity contribution in [2.24, 2.45) is 0 Å². The lowest BCUT2D eigenvalue weighted by Gasteiger charge is -2.27. The van der Waals surface area contributed by atoms with E-state index < -0.39 is 41.6 Å². The van der Waals surface area contributed by atoms with Gasteiger partial charge in [-0.15, -0.1) is 0 Å². The minimum Gasteiger partial charge on any atom is -0.432 e. The Labute approximate surface area is 128 Å². The van der Waals surface area contributed by atoms with Gasteiger partial charge in [0.2, 0.25) is 0 Å². The van der Waals surface area contributed by atoms with Gasteiger partial charge in [-0.1, -0.05) is 0 Å². The molecule has 0 bridgehead atoms. The molecule has 1 saturated heterocycles. The lowest BCUT2D eigenvalue weighted by Crippen LogP contribution is -2.53. The van der Waals surface area contributed by atoms with Gasteiger partial charge < -0.3 is 14.2 Å². The van der Waals surface area contributed by atoms with Gasteiger partial charge in [-0.2, -0.15) is 0 Å². The Morgan fingerprint density at radius 3 is 2.27 bits per heavy atom. The molecule has 1 aliphatic rings. The maximum absolute atomic E-state index is 12.1. The van der Waals surface area contributed by atoms with Crippen LogP contribution in [0.2, 0.25) is 0 Å². The van der Waals surface area contributed by atoms with Gasteiger partial charge in [0.15, 0.2) is 0 Å². The molecule has 8 heteroatoms. The van der Waals surface area contributed by atoms with Gasteiger partial charge in [0.25, 0.3) is 5.72 Å². The molecular weight excluding hydrogens is 294 g/mol. The van der Waals surface area contributed by atoms with E-state index >= 15 is 0 Å². The highest BCUT2D eigenvalue weighted by Gasteiger charge is 2.48. The molecule has 0 amide bonds. The third-order valence-corrected chi connectivity index (χ3v) is 2.69. The molecular formula is C14H21NO7. The maximum atomic E-state index is 12.1. The monoisotopic (exact) mass is 315 g/mol. The quantitative estimate of drug-likeness (QED) is 0.606. The Kier molecular flexibility index (Phi) is 5.65. The first-order valence-electron chi connectivity index (χ1n) is 6.96. The summed E-state index contributed by atoms with van der Waals surface area (Å²) in [4.78, 5) is 46.2. The standard InChI is InChI=1S/C14H21NO7/c1-9(16)8-10(17)21-14(6-5-7-15-14)11(18)20-12(19)22-13(2,3)4/h15H,5-8H2,1-4H3/t14-/m1/s1.